The molecule has 1 aliphatic rings. The molecule has 22 heavy (non-hydrogen) atoms. The predicted molar refractivity (Wildman–Crippen MR) is 84.2 cm³/mol. The van der Waals surface area contributed by atoms with Crippen molar-refractivity contribution in [3.63, 3.8) is 0 Å². The van der Waals surface area contributed by atoms with Crippen molar-refractivity contribution in [2.24, 2.45) is 0 Å². The second-order valence-electron chi connectivity index (χ2n) is 5.28. The highest BCUT2D eigenvalue weighted by molar-refractivity contribution is 5.91. The molecule has 6 heteroatoms. The number of benzene rings is 1. The molecule has 1 amide bonds. The maximum absolute atomic E-state index is 11.8. The van der Waals surface area contributed by atoms with E-state index in [0.717, 1.165) is 25.9 Å². The summed E-state index contributed by atoms with van der Waals surface area (Å²) in [5.74, 6) is -0.266. The number of carbonyl (C=O) groups excluding carboxylic acids is 1. The lowest BCUT2D eigenvalue weighted by atomic mass is 10.2. The second kappa shape index (κ2) is 6.43. The molecule has 6 nitrogen and oxygen atoms in total. The van der Waals surface area contributed by atoms with Crippen LogP contribution >= 0.6 is 0 Å². The number of nitrogens with one attached hydrogen (secondary N) is 2. The monoisotopic (exact) mass is 298 g/mol. The van der Waals surface area contributed by atoms with Crippen molar-refractivity contribution in [1.82, 2.24) is 15.5 Å². The summed E-state index contributed by atoms with van der Waals surface area (Å²) in [6.45, 7) is 2.53. The first-order valence-electron chi connectivity index (χ1n) is 7.41. The third kappa shape index (κ3) is 3.16. The fraction of sp³-hybridized carbons (Fsp3) is 0.312. The highest BCUT2D eigenvalue weighted by Crippen LogP contribution is 2.27. The van der Waals surface area contributed by atoms with E-state index >= 15 is 0 Å². The number of amides is 1. The average Bonchev–Trinajstić information content (AvgIpc) is 2.95. The van der Waals surface area contributed by atoms with E-state index in [1.165, 1.54) is 23.4 Å². The smallest absolute Gasteiger partial charge is 0.271 e. The van der Waals surface area contributed by atoms with Gasteiger partial charge in [-0.1, -0.05) is 18.2 Å². The SMILES string of the molecule is O=C(NCCCN1CCc2ccccc21)c1ccc(=O)[nH]n1. The van der Waals surface area contributed by atoms with Gasteiger partial charge in [-0.15, -0.1) is 0 Å². The summed E-state index contributed by atoms with van der Waals surface area (Å²) in [6.07, 6.45) is 1.95. The lowest BCUT2D eigenvalue weighted by Gasteiger charge is -2.19. The molecule has 0 fully saturated rings. The number of hydrogen-bond acceptors (Lipinski definition) is 4. The fourth-order valence-corrected chi connectivity index (χ4v) is 2.67. The first-order chi connectivity index (χ1) is 10.7. The van der Waals surface area contributed by atoms with Crippen molar-refractivity contribution in [2.75, 3.05) is 24.5 Å². The number of aromatic nitrogens is 2. The summed E-state index contributed by atoms with van der Waals surface area (Å²) in [5.41, 5.74) is 2.61. The van der Waals surface area contributed by atoms with Crippen LogP contribution < -0.4 is 15.8 Å². The topological polar surface area (TPSA) is 78.1 Å². The van der Waals surface area contributed by atoms with Gasteiger partial charge in [0.2, 0.25) is 0 Å². The molecule has 1 aliphatic heterocycles. The minimum atomic E-state index is -0.316. The maximum atomic E-state index is 11.8. The molecule has 0 saturated carbocycles. The largest absolute Gasteiger partial charge is 0.371 e. The lowest BCUT2D eigenvalue weighted by molar-refractivity contribution is 0.0947. The summed E-state index contributed by atoms with van der Waals surface area (Å²) < 4.78 is 0. The first kappa shape index (κ1) is 14.3. The predicted octanol–water partition coefficient (Wildman–Crippen LogP) is 0.952. The molecule has 2 aromatic rings. The molecule has 0 aliphatic carbocycles. The van der Waals surface area contributed by atoms with E-state index in [1.54, 1.807) is 0 Å². The molecule has 0 unspecified atom stereocenters. The van der Waals surface area contributed by atoms with Crippen LogP contribution in [0.25, 0.3) is 0 Å². The van der Waals surface area contributed by atoms with Crippen LogP contribution in [0.2, 0.25) is 0 Å². The van der Waals surface area contributed by atoms with E-state index < -0.39 is 0 Å². The number of nitrogens with zero attached hydrogens (tertiary/aromatic N) is 2. The van der Waals surface area contributed by atoms with Crippen molar-refractivity contribution in [3.8, 4) is 0 Å². The molecule has 0 radical (unpaired) electrons. The zero-order chi connectivity index (χ0) is 15.4. The molecule has 2 N–H and O–H groups in total. The highest BCUT2D eigenvalue weighted by atomic mass is 16.2. The van der Waals surface area contributed by atoms with Gasteiger partial charge in [-0.05, 0) is 30.5 Å². The summed E-state index contributed by atoms with van der Waals surface area (Å²) in [7, 11) is 0. The van der Waals surface area contributed by atoms with Crippen molar-refractivity contribution in [1.29, 1.82) is 0 Å². The number of aromatic amines is 1. The zero-order valence-electron chi connectivity index (χ0n) is 12.2. The van der Waals surface area contributed by atoms with Crippen molar-refractivity contribution >= 4 is 11.6 Å². The van der Waals surface area contributed by atoms with Gasteiger partial charge in [-0.3, -0.25) is 9.59 Å². The summed E-state index contributed by atoms with van der Waals surface area (Å²) in [6, 6.07) is 11.2. The first-order valence-corrected chi connectivity index (χ1v) is 7.41. The molecule has 3 rings (SSSR count). The van der Waals surface area contributed by atoms with Crippen LogP contribution in [0.1, 0.15) is 22.5 Å². The van der Waals surface area contributed by atoms with Crippen molar-refractivity contribution < 1.29 is 4.79 Å². The molecule has 0 bridgehead atoms. The van der Waals surface area contributed by atoms with Gasteiger partial charge in [0.1, 0.15) is 5.69 Å². The molecular weight excluding hydrogens is 280 g/mol. The Bertz CT molecular complexity index is 706. The number of hydrogen-bond donors (Lipinski definition) is 2. The van der Waals surface area contributed by atoms with E-state index in [1.807, 2.05) is 0 Å². The Morgan fingerprint density at radius 3 is 2.95 bits per heavy atom. The van der Waals surface area contributed by atoms with Crippen LogP contribution in [-0.4, -0.2) is 35.7 Å². The van der Waals surface area contributed by atoms with Gasteiger partial charge in [-0.2, -0.15) is 5.10 Å². The second-order valence-corrected chi connectivity index (χ2v) is 5.28. The van der Waals surface area contributed by atoms with Gasteiger partial charge in [0.15, 0.2) is 0 Å². The van der Waals surface area contributed by atoms with E-state index in [0.29, 0.717) is 6.54 Å². The van der Waals surface area contributed by atoms with Gasteiger partial charge in [-0.25, -0.2) is 5.10 Å². The van der Waals surface area contributed by atoms with Crippen molar-refractivity contribution in [3.05, 3.63) is 58.0 Å². The average molecular weight is 298 g/mol. The highest BCUT2D eigenvalue weighted by Gasteiger charge is 2.17. The lowest BCUT2D eigenvalue weighted by Crippen LogP contribution is -2.30. The molecule has 0 spiro atoms. The number of para-hydroxylation sites is 1. The van der Waals surface area contributed by atoms with E-state index in [-0.39, 0.29) is 17.2 Å². The quantitative estimate of drug-likeness (QED) is 0.806. The fourth-order valence-electron chi connectivity index (χ4n) is 2.67. The normalized spacial score (nSPS) is 13.0. The summed E-state index contributed by atoms with van der Waals surface area (Å²) in [4.78, 5) is 25.1. The Labute approximate surface area is 128 Å². The number of anilines is 1. The van der Waals surface area contributed by atoms with E-state index in [2.05, 4.69) is 44.7 Å². The Balaban J connectivity index is 1.45. The molecule has 1 aromatic heterocycles. The van der Waals surface area contributed by atoms with Crippen LogP contribution in [0.15, 0.2) is 41.2 Å². The van der Waals surface area contributed by atoms with Gasteiger partial charge >= 0.3 is 0 Å². The molecule has 114 valence electrons. The van der Waals surface area contributed by atoms with E-state index in [4.69, 9.17) is 0 Å². The molecule has 0 saturated heterocycles. The Morgan fingerprint density at radius 1 is 1.27 bits per heavy atom. The minimum absolute atomic E-state index is 0.228. The summed E-state index contributed by atoms with van der Waals surface area (Å²) >= 11 is 0. The Kier molecular flexibility index (Phi) is 4.18. The number of carbonyl (C=O) groups is 1. The third-order valence-corrected chi connectivity index (χ3v) is 3.79. The standard InChI is InChI=1S/C16H18N4O2/c21-15-7-6-13(18-19-15)16(22)17-9-3-10-20-11-8-12-4-1-2-5-14(12)20/h1-2,4-7H,3,8-11H2,(H,17,22)(H,19,21). The Hall–Kier alpha value is -2.63. The van der Waals surface area contributed by atoms with Crippen molar-refractivity contribution in [2.45, 2.75) is 12.8 Å². The van der Waals surface area contributed by atoms with Crippen LogP contribution in [0.3, 0.4) is 0 Å². The minimum Gasteiger partial charge on any atom is -0.371 e. The van der Waals surface area contributed by atoms with Crippen LogP contribution in [0, 0.1) is 0 Å². The van der Waals surface area contributed by atoms with Crippen LogP contribution in [0.5, 0.6) is 0 Å². The molecule has 2 heterocycles. The van der Waals surface area contributed by atoms with Crippen LogP contribution in [-0.2, 0) is 6.42 Å². The molecular formula is C16H18N4O2. The zero-order valence-corrected chi connectivity index (χ0v) is 12.2. The third-order valence-electron chi connectivity index (χ3n) is 3.79. The number of fused-ring (bicyclic) bond motifs is 1. The molecule has 1 aromatic carbocycles. The number of rotatable bonds is 5. The summed E-state index contributed by atoms with van der Waals surface area (Å²) in [5, 5.41) is 8.77. The van der Waals surface area contributed by atoms with Crippen LogP contribution in [0.4, 0.5) is 5.69 Å². The van der Waals surface area contributed by atoms with Gasteiger partial charge in [0, 0.05) is 31.4 Å². The van der Waals surface area contributed by atoms with Gasteiger partial charge < -0.3 is 10.2 Å². The Morgan fingerprint density at radius 2 is 2.14 bits per heavy atom. The van der Waals surface area contributed by atoms with Gasteiger partial charge in [0.25, 0.3) is 11.5 Å². The maximum Gasteiger partial charge on any atom is 0.271 e. The number of H-pyrrole nitrogens is 1. The molecule has 0 atom stereocenters. The van der Waals surface area contributed by atoms with Gasteiger partial charge in [0.05, 0.1) is 0 Å². The van der Waals surface area contributed by atoms with E-state index in [9.17, 15) is 9.59 Å².